The van der Waals surface area contributed by atoms with Crippen molar-refractivity contribution < 1.29 is 14.4 Å². The van der Waals surface area contributed by atoms with Crippen molar-refractivity contribution in [2.75, 3.05) is 18.5 Å². The highest BCUT2D eigenvalue weighted by Crippen LogP contribution is 2.25. The number of anilines is 1. The van der Waals surface area contributed by atoms with E-state index in [9.17, 15) is 10.1 Å². The molecule has 0 aliphatic carbocycles. The third-order valence-electron chi connectivity index (χ3n) is 2.58. The molecule has 2 heterocycles. The Bertz CT molecular complexity index is 450. The Morgan fingerprint density at radius 2 is 2.44 bits per heavy atom. The van der Waals surface area contributed by atoms with Gasteiger partial charge in [0.1, 0.15) is 18.0 Å². The predicted molar refractivity (Wildman–Crippen MR) is 64.3 cm³/mol. The second-order valence-corrected chi connectivity index (χ2v) is 4.48. The SMILES string of the molecule is CC1(C)OCC(CNc2ccncc2[N+](=O)[O-])O1. The Hall–Kier alpha value is -1.73. The zero-order valence-electron chi connectivity index (χ0n) is 10.3. The molecule has 0 radical (unpaired) electrons. The van der Waals surface area contributed by atoms with Gasteiger partial charge in [-0.3, -0.25) is 15.1 Å². The molecular formula is C11H15N3O4. The molecule has 98 valence electrons. The van der Waals surface area contributed by atoms with Crippen LogP contribution in [0, 0.1) is 10.1 Å². The van der Waals surface area contributed by atoms with Crippen molar-refractivity contribution in [3.8, 4) is 0 Å². The topological polar surface area (TPSA) is 86.5 Å². The van der Waals surface area contributed by atoms with E-state index in [-0.39, 0.29) is 11.8 Å². The summed E-state index contributed by atoms with van der Waals surface area (Å²) in [5.74, 6) is -0.587. The first kappa shape index (κ1) is 12.7. The fourth-order valence-corrected chi connectivity index (χ4v) is 1.77. The standard InChI is InChI=1S/C11H15N3O4/c1-11(2)17-7-8(18-11)5-13-9-3-4-12-6-10(9)14(15)16/h3-4,6,8H,5,7H2,1-2H3,(H,12,13). The molecule has 2 rings (SSSR count). The van der Waals surface area contributed by atoms with Crippen molar-refractivity contribution in [3.63, 3.8) is 0 Å². The van der Waals surface area contributed by atoms with Crippen molar-refractivity contribution in [2.45, 2.75) is 25.7 Å². The van der Waals surface area contributed by atoms with Gasteiger partial charge in [0.2, 0.25) is 0 Å². The van der Waals surface area contributed by atoms with Gasteiger partial charge in [-0.2, -0.15) is 0 Å². The molecule has 1 atom stereocenters. The van der Waals surface area contributed by atoms with E-state index in [1.807, 2.05) is 13.8 Å². The highest BCUT2D eigenvalue weighted by molar-refractivity contribution is 5.59. The van der Waals surface area contributed by atoms with Crippen LogP contribution in [0.2, 0.25) is 0 Å². The average molecular weight is 253 g/mol. The zero-order chi connectivity index (χ0) is 13.2. The molecule has 1 fully saturated rings. The molecular weight excluding hydrogens is 238 g/mol. The lowest BCUT2D eigenvalue weighted by Gasteiger charge is -2.17. The quantitative estimate of drug-likeness (QED) is 0.647. The van der Waals surface area contributed by atoms with Crippen LogP contribution < -0.4 is 5.32 Å². The van der Waals surface area contributed by atoms with Gasteiger partial charge in [0.15, 0.2) is 5.79 Å². The normalized spacial score (nSPS) is 21.8. The number of hydrogen-bond donors (Lipinski definition) is 1. The Balaban J connectivity index is 1.97. The first-order valence-corrected chi connectivity index (χ1v) is 5.62. The number of nitrogens with one attached hydrogen (secondary N) is 1. The van der Waals surface area contributed by atoms with Crippen molar-refractivity contribution in [1.82, 2.24) is 4.98 Å². The number of hydrogen-bond acceptors (Lipinski definition) is 6. The minimum Gasteiger partial charge on any atom is -0.377 e. The third kappa shape index (κ3) is 2.93. The highest BCUT2D eigenvalue weighted by atomic mass is 16.7. The van der Waals surface area contributed by atoms with Crippen molar-refractivity contribution in [2.24, 2.45) is 0 Å². The smallest absolute Gasteiger partial charge is 0.310 e. The molecule has 7 heteroatoms. The maximum atomic E-state index is 10.8. The minimum atomic E-state index is -0.587. The van der Waals surface area contributed by atoms with Gasteiger partial charge in [0, 0.05) is 12.7 Å². The predicted octanol–water partition coefficient (Wildman–Crippen LogP) is 1.55. The summed E-state index contributed by atoms with van der Waals surface area (Å²) in [6.45, 7) is 4.59. The summed E-state index contributed by atoms with van der Waals surface area (Å²) in [6, 6.07) is 1.57. The summed E-state index contributed by atoms with van der Waals surface area (Å²) in [5.41, 5.74) is 0.388. The van der Waals surface area contributed by atoms with Gasteiger partial charge in [-0.15, -0.1) is 0 Å². The van der Waals surface area contributed by atoms with E-state index in [4.69, 9.17) is 9.47 Å². The van der Waals surface area contributed by atoms with Crippen LogP contribution in [0.5, 0.6) is 0 Å². The summed E-state index contributed by atoms with van der Waals surface area (Å²) in [4.78, 5) is 14.1. The van der Waals surface area contributed by atoms with Crippen LogP contribution >= 0.6 is 0 Å². The van der Waals surface area contributed by atoms with E-state index >= 15 is 0 Å². The molecule has 0 spiro atoms. The Morgan fingerprint density at radius 3 is 3.06 bits per heavy atom. The van der Waals surface area contributed by atoms with E-state index in [1.165, 1.54) is 12.4 Å². The van der Waals surface area contributed by atoms with Crippen LogP contribution in [0.3, 0.4) is 0 Å². The summed E-state index contributed by atoms with van der Waals surface area (Å²) >= 11 is 0. The fraction of sp³-hybridized carbons (Fsp3) is 0.545. The van der Waals surface area contributed by atoms with Crippen LogP contribution in [-0.4, -0.2) is 35.0 Å². The highest BCUT2D eigenvalue weighted by Gasteiger charge is 2.32. The molecule has 1 unspecified atom stereocenters. The first-order valence-electron chi connectivity index (χ1n) is 5.62. The monoisotopic (exact) mass is 253 g/mol. The largest absolute Gasteiger partial charge is 0.377 e. The average Bonchev–Trinajstić information content (AvgIpc) is 2.66. The number of aromatic nitrogens is 1. The van der Waals surface area contributed by atoms with Gasteiger partial charge in [0.25, 0.3) is 0 Å². The summed E-state index contributed by atoms with van der Waals surface area (Å²) < 4.78 is 11.0. The van der Waals surface area contributed by atoms with Crippen molar-refractivity contribution in [1.29, 1.82) is 0 Å². The number of nitro groups is 1. The van der Waals surface area contributed by atoms with Crippen LogP contribution in [-0.2, 0) is 9.47 Å². The molecule has 18 heavy (non-hydrogen) atoms. The van der Waals surface area contributed by atoms with E-state index in [1.54, 1.807) is 6.07 Å². The maximum Gasteiger partial charge on any atom is 0.310 e. The number of ether oxygens (including phenoxy) is 2. The Kier molecular flexibility index (Phi) is 3.44. The minimum absolute atomic E-state index is 0.0457. The Morgan fingerprint density at radius 1 is 1.67 bits per heavy atom. The van der Waals surface area contributed by atoms with E-state index in [0.29, 0.717) is 18.8 Å². The summed E-state index contributed by atoms with van der Waals surface area (Å²) in [7, 11) is 0. The van der Waals surface area contributed by atoms with Gasteiger partial charge < -0.3 is 14.8 Å². The molecule has 7 nitrogen and oxygen atoms in total. The molecule has 1 aromatic heterocycles. The molecule has 0 aromatic carbocycles. The Labute approximate surface area is 104 Å². The van der Waals surface area contributed by atoms with Crippen molar-refractivity contribution in [3.05, 3.63) is 28.6 Å². The lowest BCUT2D eigenvalue weighted by molar-refractivity contribution is -0.384. The molecule has 0 amide bonds. The number of nitrogens with zero attached hydrogens (tertiary/aromatic N) is 2. The molecule has 1 N–H and O–H groups in total. The van der Waals surface area contributed by atoms with E-state index < -0.39 is 10.7 Å². The number of rotatable bonds is 4. The van der Waals surface area contributed by atoms with Crippen molar-refractivity contribution >= 4 is 11.4 Å². The first-order chi connectivity index (χ1) is 8.48. The molecule has 1 aliphatic rings. The van der Waals surface area contributed by atoms with Gasteiger partial charge in [-0.05, 0) is 19.9 Å². The summed E-state index contributed by atoms with van der Waals surface area (Å²) in [6.07, 6.45) is 2.61. The number of pyridine rings is 1. The van der Waals surface area contributed by atoms with Crippen LogP contribution in [0.15, 0.2) is 18.5 Å². The van der Waals surface area contributed by atoms with Crippen LogP contribution in [0.1, 0.15) is 13.8 Å². The van der Waals surface area contributed by atoms with E-state index in [2.05, 4.69) is 10.3 Å². The molecule has 0 bridgehead atoms. The lowest BCUT2D eigenvalue weighted by Crippen LogP contribution is -2.26. The van der Waals surface area contributed by atoms with Gasteiger partial charge in [0.05, 0.1) is 11.5 Å². The van der Waals surface area contributed by atoms with Gasteiger partial charge in [-0.1, -0.05) is 0 Å². The zero-order valence-corrected chi connectivity index (χ0v) is 10.3. The molecule has 1 aromatic rings. The van der Waals surface area contributed by atoms with E-state index in [0.717, 1.165) is 0 Å². The molecule has 1 aliphatic heterocycles. The fourth-order valence-electron chi connectivity index (χ4n) is 1.77. The van der Waals surface area contributed by atoms with Crippen LogP contribution in [0.25, 0.3) is 0 Å². The second kappa shape index (κ2) is 4.87. The van der Waals surface area contributed by atoms with Gasteiger partial charge in [-0.25, -0.2) is 0 Å². The third-order valence-corrected chi connectivity index (χ3v) is 2.58. The molecule has 0 saturated carbocycles. The maximum absolute atomic E-state index is 10.8. The molecule has 1 saturated heterocycles. The lowest BCUT2D eigenvalue weighted by atomic mass is 10.3. The van der Waals surface area contributed by atoms with Crippen LogP contribution in [0.4, 0.5) is 11.4 Å². The van der Waals surface area contributed by atoms with Gasteiger partial charge >= 0.3 is 5.69 Å². The summed E-state index contributed by atoms with van der Waals surface area (Å²) in [5, 5.41) is 13.8. The second-order valence-electron chi connectivity index (χ2n) is 4.48.